The van der Waals surface area contributed by atoms with E-state index in [9.17, 15) is 5.11 Å². The molecule has 0 aliphatic carbocycles. The molecule has 1 aliphatic rings. The van der Waals surface area contributed by atoms with E-state index in [-0.39, 0.29) is 31.4 Å². The van der Waals surface area contributed by atoms with Crippen LogP contribution < -0.4 is 0 Å². The van der Waals surface area contributed by atoms with E-state index in [1.54, 1.807) is 0 Å². The van der Waals surface area contributed by atoms with Gasteiger partial charge in [0.15, 0.2) is 0 Å². The number of aromatic nitrogens is 3. The molecule has 0 aromatic carbocycles. The molecule has 5 nitrogen and oxygen atoms in total. The maximum absolute atomic E-state index is 9.33. The first-order valence-corrected chi connectivity index (χ1v) is 5.92. The second-order valence-electron chi connectivity index (χ2n) is 4.53. The molecule has 7 heteroatoms. The quantitative estimate of drug-likeness (QED) is 0.914. The van der Waals surface area contributed by atoms with Gasteiger partial charge in [-0.1, -0.05) is 6.42 Å². The summed E-state index contributed by atoms with van der Waals surface area (Å²) >= 11 is 0. The molecule has 2 heterocycles. The Morgan fingerprint density at radius 3 is 2.56 bits per heavy atom. The summed E-state index contributed by atoms with van der Waals surface area (Å²) in [4.78, 5) is 2.31. The smallest absolute Gasteiger partial charge is 0.146 e. The number of aryl methyl sites for hydroxylation is 1. The number of likely N-dealkylation sites (tertiary alicyclic amines) is 1. The fraction of sp³-hybridized carbons (Fsp3) is 0.818. The van der Waals surface area contributed by atoms with Crippen molar-refractivity contribution in [2.45, 2.75) is 38.8 Å². The molecule has 0 spiro atoms. The molecule has 0 radical (unpaired) electrons. The van der Waals surface area contributed by atoms with Crippen molar-refractivity contribution in [3.63, 3.8) is 0 Å². The average Bonchev–Trinajstić information content (AvgIpc) is 2.62. The molecule has 1 aromatic rings. The van der Waals surface area contributed by atoms with Crippen LogP contribution in [0.4, 0.5) is 0 Å². The Balaban J connectivity index is 0.00000144. The van der Waals surface area contributed by atoms with Gasteiger partial charge in [0.2, 0.25) is 0 Å². The zero-order valence-corrected chi connectivity index (χ0v) is 12.5. The van der Waals surface area contributed by atoms with Gasteiger partial charge in [0.1, 0.15) is 11.6 Å². The molecular formula is C11H22Cl2N4O. The van der Waals surface area contributed by atoms with Crippen LogP contribution in [0.5, 0.6) is 0 Å². The summed E-state index contributed by atoms with van der Waals surface area (Å²) < 4.78 is 2.02. The minimum absolute atomic E-state index is 0. The number of rotatable bonds is 3. The number of aliphatic hydroxyl groups excluding tert-OH is 1. The highest BCUT2D eigenvalue weighted by molar-refractivity contribution is 5.85. The fourth-order valence-electron chi connectivity index (χ4n) is 2.25. The van der Waals surface area contributed by atoms with Gasteiger partial charge in [-0.05, 0) is 26.3 Å². The van der Waals surface area contributed by atoms with Crippen LogP contribution in [-0.2, 0) is 13.6 Å². The Labute approximate surface area is 120 Å². The van der Waals surface area contributed by atoms with Crippen LogP contribution in [0.3, 0.4) is 0 Å². The predicted molar refractivity (Wildman–Crippen MR) is 75.4 cm³/mol. The van der Waals surface area contributed by atoms with Gasteiger partial charge in [0.05, 0.1) is 13.2 Å². The van der Waals surface area contributed by atoms with Gasteiger partial charge < -0.3 is 9.67 Å². The number of halogens is 2. The predicted octanol–water partition coefficient (Wildman–Crippen LogP) is 1.31. The lowest BCUT2D eigenvalue weighted by molar-refractivity contribution is 0.0811. The van der Waals surface area contributed by atoms with Gasteiger partial charge in [-0.15, -0.1) is 35.0 Å². The van der Waals surface area contributed by atoms with Crippen LogP contribution in [0, 0.1) is 6.92 Å². The average molecular weight is 297 g/mol. The van der Waals surface area contributed by atoms with E-state index in [4.69, 9.17) is 0 Å². The molecule has 2 rings (SSSR count). The number of piperidine rings is 1. The van der Waals surface area contributed by atoms with Gasteiger partial charge in [-0.3, -0.25) is 4.90 Å². The fourth-order valence-corrected chi connectivity index (χ4v) is 2.25. The summed E-state index contributed by atoms with van der Waals surface area (Å²) in [6, 6.07) is 0.297. The summed E-state index contributed by atoms with van der Waals surface area (Å²) in [5, 5.41) is 17.6. The molecule has 1 aromatic heterocycles. The lowest BCUT2D eigenvalue weighted by Crippen LogP contribution is -2.41. The highest BCUT2D eigenvalue weighted by Gasteiger charge is 2.23. The SMILES string of the molecule is Cc1nnc(CN2CCCCC2CO)n1C.Cl.Cl. The van der Waals surface area contributed by atoms with Crippen molar-refractivity contribution < 1.29 is 5.11 Å². The molecule has 0 saturated carbocycles. The highest BCUT2D eigenvalue weighted by atomic mass is 35.5. The monoisotopic (exact) mass is 296 g/mol. The molecule has 0 bridgehead atoms. The maximum Gasteiger partial charge on any atom is 0.146 e. The van der Waals surface area contributed by atoms with Crippen molar-refractivity contribution in [2.75, 3.05) is 13.2 Å². The van der Waals surface area contributed by atoms with Crippen LogP contribution in [-0.4, -0.2) is 44.0 Å². The topological polar surface area (TPSA) is 54.2 Å². The first-order chi connectivity index (χ1) is 7.72. The van der Waals surface area contributed by atoms with Crippen LogP contribution in [0.1, 0.15) is 30.9 Å². The van der Waals surface area contributed by atoms with Crippen LogP contribution in [0.15, 0.2) is 0 Å². The molecule has 1 aliphatic heterocycles. The van der Waals surface area contributed by atoms with Crippen molar-refractivity contribution in [3.05, 3.63) is 11.6 Å². The van der Waals surface area contributed by atoms with E-state index in [1.807, 2.05) is 18.5 Å². The van der Waals surface area contributed by atoms with E-state index >= 15 is 0 Å². The molecule has 1 N–H and O–H groups in total. The van der Waals surface area contributed by atoms with E-state index < -0.39 is 0 Å². The minimum Gasteiger partial charge on any atom is -0.395 e. The van der Waals surface area contributed by atoms with Crippen molar-refractivity contribution in [3.8, 4) is 0 Å². The number of aliphatic hydroxyl groups is 1. The van der Waals surface area contributed by atoms with Crippen LogP contribution in [0.25, 0.3) is 0 Å². The van der Waals surface area contributed by atoms with E-state index in [2.05, 4.69) is 15.1 Å². The highest BCUT2D eigenvalue weighted by Crippen LogP contribution is 2.18. The molecule has 18 heavy (non-hydrogen) atoms. The lowest BCUT2D eigenvalue weighted by atomic mass is 10.0. The Kier molecular flexibility index (Phi) is 7.78. The third-order valence-electron chi connectivity index (χ3n) is 3.49. The van der Waals surface area contributed by atoms with Gasteiger partial charge in [-0.2, -0.15) is 0 Å². The second-order valence-corrected chi connectivity index (χ2v) is 4.53. The zero-order chi connectivity index (χ0) is 11.5. The van der Waals surface area contributed by atoms with Gasteiger partial charge in [0, 0.05) is 13.1 Å². The van der Waals surface area contributed by atoms with E-state index in [0.717, 1.165) is 31.2 Å². The number of hydrogen-bond acceptors (Lipinski definition) is 4. The van der Waals surface area contributed by atoms with Crippen molar-refractivity contribution >= 4 is 24.8 Å². The summed E-state index contributed by atoms with van der Waals surface area (Å²) in [6.45, 7) is 4.05. The summed E-state index contributed by atoms with van der Waals surface area (Å²) in [6.07, 6.45) is 3.53. The van der Waals surface area contributed by atoms with Crippen molar-refractivity contribution in [1.82, 2.24) is 19.7 Å². The van der Waals surface area contributed by atoms with Gasteiger partial charge in [-0.25, -0.2) is 0 Å². The first kappa shape index (κ1) is 17.6. The molecule has 1 saturated heterocycles. The molecule has 0 amide bonds. The molecule has 1 atom stereocenters. The Bertz CT molecular complexity index is 359. The zero-order valence-electron chi connectivity index (χ0n) is 10.9. The molecule has 1 fully saturated rings. The third-order valence-corrected chi connectivity index (χ3v) is 3.49. The third kappa shape index (κ3) is 3.82. The maximum atomic E-state index is 9.33. The summed E-state index contributed by atoms with van der Waals surface area (Å²) in [5.41, 5.74) is 0. The second kappa shape index (κ2) is 7.94. The Morgan fingerprint density at radius 2 is 2.00 bits per heavy atom. The number of hydrogen-bond donors (Lipinski definition) is 1. The minimum atomic E-state index is 0. The van der Waals surface area contributed by atoms with E-state index in [1.165, 1.54) is 12.8 Å². The van der Waals surface area contributed by atoms with E-state index in [0.29, 0.717) is 6.04 Å². The number of nitrogens with zero attached hydrogens (tertiary/aromatic N) is 4. The largest absolute Gasteiger partial charge is 0.395 e. The van der Waals surface area contributed by atoms with Gasteiger partial charge in [0.25, 0.3) is 0 Å². The molecule has 106 valence electrons. The Morgan fingerprint density at radius 1 is 1.28 bits per heavy atom. The lowest BCUT2D eigenvalue weighted by Gasteiger charge is -2.33. The van der Waals surface area contributed by atoms with Crippen LogP contribution >= 0.6 is 24.8 Å². The summed E-state index contributed by atoms with van der Waals surface area (Å²) in [5.74, 6) is 1.92. The first-order valence-electron chi connectivity index (χ1n) is 5.92. The normalized spacial score (nSPS) is 20.1. The standard InChI is InChI=1S/C11H20N4O.2ClH/c1-9-12-13-11(14(9)2)7-15-6-4-3-5-10(15)8-16;;/h10,16H,3-8H2,1-2H3;2*1H. The Hall–Kier alpha value is -0.360. The van der Waals surface area contributed by atoms with Crippen LogP contribution in [0.2, 0.25) is 0 Å². The summed E-state index contributed by atoms with van der Waals surface area (Å²) in [7, 11) is 1.99. The van der Waals surface area contributed by atoms with Crippen molar-refractivity contribution in [2.24, 2.45) is 7.05 Å². The van der Waals surface area contributed by atoms with Gasteiger partial charge >= 0.3 is 0 Å². The molecular weight excluding hydrogens is 275 g/mol. The molecule has 1 unspecified atom stereocenters. The van der Waals surface area contributed by atoms with Crippen molar-refractivity contribution in [1.29, 1.82) is 0 Å².